The van der Waals surface area contributed by atoms with E-state index < -0.39 is 63.6 Å². The smallest absolute Gasteiger partial charge is 0.432 e. The summed E-state index contributed by atoms with van der Waals surface area (Å²) >= 11 is 0. The van der Waals surface area contributed by atoms with Crippen molar-refractivity contribution < 1.29 is 44.3 Å². The Kier molecular flexibility index (Phi) is 8.41. The van der Waals surface area contributed by atoms with Crippen LogP contribution >= 0.6 is 0 Å². The minimum Gasteiger partial charge on any atom is -0.432 e. The zero-order valence-electron chi connectivity index (χ0n) is 22.4. The van der Waals surface area contributed by atoms with Gasteiger partial charge in [0.05, 0.1) is 16.9 Å². The van der Waals surface area contributed by atoms with E-state index in [2.05, 4.69) is 0 Å². The number of benzene rings is 3. The molecule has 0 amide bonds. The highest BCUT2D eigenvalue weighted by atomic mass is 19.4. The van der Waals surface area contributed by atoms with Gasteiger partial charge < -0.3 is 4.74 Å². The molecule has 0 aromatic heterocycles. The van der Waals surface area contributed by atoms with Gasteiger partial charge in [0.15, 0.2) is 5.82 Å². The summed E-state index contributed by atoms with van der Waals surface area (Å²) in [4.78, 5) is 0. The van der Waals surface area contributed by atoms with E-state index in [-0.39, 0.29) is 11.1 Å². The average molecular weight is 599 g/mol. The van der Waals surface area contributed by atoms with Crippen LogP contribution in [0.3, 0.4) is 0 Å². The molecule has 0 heterocycles. The number of halogens is 9. The van der Waals surface area contributed by atoms with Gasteiger partial charge in [-0.2, -0.15) is 22.0 Å². The van der Waals surface area contributed by atoms with Gasteiger partial charge in [0.2, 0.25) is 0 Å². The number of ether oxygens (including phenoxy) is 1. The lowest BCUT2D eigenvalue weighted by Gasteiger charge is -2.37. The minimum atomic E-state index is -5.03. The van der Waals surface area contributed by atoms with Crippen LogP contribution in [0.15, 0.2) is 36.4 Å². The third-order valence-electron chi connectivity index (χ3n) is 8.48. The Labute approximate surface area is 237 Å². The molecule has 2 fully saturated rings. The molecule has 1 nitrogen and oxygen atoms in total. The molecule has 0 radical (unpaired) electrons. The molecule has 42 heavy (non-hydrogen) atoms. The molecule has 224 valence electrons. The lowest BCUT2D eigenvalue weighted by Crippen LogP contribution is -2.38. The van der Waals surface area contributed by atoms with Gasteiger partial charge in [-0.3, -0.25) is 0 Å². The summed E-state index contributed by atoms with van der Waals surface area (Å²) in [5.41, 5.74) is -1.70. The third-order valence-corrected chi connectivity index (χ3v) is 8.48. The molecule has 2 aliphatic rings. The molecule has 0 N–H and O–H groups in total. The summed E-state index contributed by atoms with van der Waals surface area (Å²) in [5.74, 6) is -3.78. The SMILES string of the molecule is Fc1cc(OC(F)(F)C2CCC(C3CCCCC3)CC2)ccc1-c1cc(F)c2c(F)c(C#CC(F)(F)F)c(F)cc2c1. The van der Waals surface area contributed by atoms with Crippen molar-refractivity contribution in [1.29, 1.82) is 0 Å². The fourth-order valence-corrected chi connectivity index (χ4v) is 6.38. The summed E-state index contributed by atoms with van der Waals surface area (Å²) in [6, 6.07) is 5.24. The highest BCUT2D eigenvalue weighted by molar-refractivity contribution is 5.90. The second kappa shape index (κ2) is 11.7. The summed E-state index contributed by atoms with van der Waals surface area (Å²) in [6.45, 7) is 0. The predicted molar refractivity (Wildman–Crippen MR) is 140 cm³/mol. The Morgan fingerprint density at radius 1 is 0.690 bits per heavy atom. The fourth-order valence-electron chi connectivity index (χ4n) is 6.38. The summed E-state index contributed by atoms with van der Waals surface area (Å²) in [7, 11) is 0. The van der Waals surface area contributed by atoms with Gasteiger partial charge in [0.25, 0.3) is 0 Å². The van der Waals surface area contributed by atoms with Crippen molar-refractivity contribution in [2.45, 2.75) is 70.1 Å². The number of rotatable bonds is 5. The van der Waals surface area contributed by atoms with Crippen LogP contribution < -0.4 is 4.74 Å². The van der Waals surface area contributed by atoms with E-state index in [4.69, 9.17) is 4.74 Å². The Morgan fingerprint density at radius 3 is 2.00 bits per heavy atom. The lowest BCUT2D eigenvalue weighted by molar-refractivity contribution is -0.224. The van der Waals surface area contributed by atoms with Gasteiger partial charge in [-0.1, -0.05) is 38.0 Å². The number of hydrogen-bond donors (Lipinski definition) is 0. The number of hydrogen-bond acceptors (Lipinski definition) is 1. The molecule has 3 aromatic rings. The zero-order chi connectivity index (χ0) is 30.2. The first-order chi connectivity index (χ1) is 19.8. The molecule has 3 aromatic carbocycles. The maximum atomic E-state index is 15.1. The van der Waals surface area contributed by atoms with E-state index in [1.54, 1.807) is 0 Å². The standard InChI is InChI=1S/C32H27F9O/c33-26-16-21-14-20(15-28(35)29(21)30(36)25(26)12-13-31(37,38)39)24-11-10-23(17-27(24)34)42-32(40,41)22-8-6-19(7-9-22)18-4-2-1-3-5-18/h10-11,14-19,22H,1-9H2. The quantitative estimate of drug-likeness (QED) is 0.210. The molecule has 0 atom stereocenters. The number of alkyl halides is 5. The van der Waals surface area contributed by atoms with E-state index in [0.717, 1.165) is 43.0 Å². The highest BCUT2D eigenvalue weighted by Crippen LogP contribution is 2.45. The normalized spacial score (nSPS) is 20.3. The zero-order valence-corrected chi connectivity index (χ0v) is 22.4. The van der Waals surface area contributed by atoms with Crippen LogP contribution in [0, 0.1) is 52.9 Å². The van der Waals surface area contributed by atoms with Gasteiger partial charge in [0, 0.05) is 17.6 Å². The van der Waals surface area contributed by atoms with E-state index in [1.807, 2.05) is 0 Å². The van der Waals surface area contributed by atoms with Crippen LogP contribution in [0.5, 0.6) is 5.75 Å². The monoisotopic (exact) mass is 598 g/mol. The van der Waals surface area contributed by atoms with E-state index >= 15 is 13.2 Å². The van der Waals surface area contributed by atoms with Gasteiger partial charge in [0.1, 0.15) is 23.2 Å². The lowest BCUT2D eigenvalue weighted by atomic mass is 9.71. The second-order valence-corrected chi connectivity index (χ2v) is 11.2. The van der Waals surface area contributed by atoms with Crippen LogP contribution in [0.25, 0.3) is 21.9 Å². The fraction of sp³-hybridized carbons (Fsp3) is 0.438. The minimum absolute atomic E-state index is 0.176. The molecule has 5 rings (SSSR count). The van der Waals surface area contributed by atoms with E-state index in [9.17, 15) is 26.3 Å². The van der Waals surface area contributed by atoms with Crippen LogP contribution in [-0.4, -0.2) is 12.3 Å². The predicted octanol–water partition coefficient (Wildman–Crippen LogP) is 10.3. The van der Waals surface area contributed by atoms with Crippen molar-refractivity contribution in [1.82, 2.24) is 0 Å². The van der Waals surface area contributed by atoms with Crippen molar-refractivity contribution in [3.63, 3.8) is 0 Å². The Bertz CT molecular complexity index is 1520. The van der Waals surface area contributed by atoms with Gasteiger partial charge in [-0.15, -0.1) is 0 Å². The highest BCUT2D eigenvalue weighted by Gasteiger charge is 2.45. The first-order valence-electron chi connectivity index (χ1n) is 13.9. The molecule has 0 saturated heterocycles. The third kappa shape index (κ3) is 6.50. The molecule has 0 aliphatic heterocycles. The van der Waals surface area contributed by atoms with Crippen LogP contribution in [0.4, 0.5) is 39.5 Å². The first kappa shape index (κ1) is 30.1. The molecule has 2 aliphatic carbocycles. The summed E-state index contributed by atoms with van der Waals surface area (Å²) in [5, 5.41) is -1.22. The van der Waals surface area contributed by atoms with E-state index in [0.29, 0.717) is 49.7 Å². The van der Waals surface area contributed by atoms with Gasteiger partial charge in [-0.05, 0) is 78.8 Å². The van der Waals surface area contributed by atoms with Crippen molar-refractivity contribution in [2.75, 3.05) is 0 Å². The van der Waals surface area contributed by atoms with Crippen LogP contribution in [-0.2, 0) is 0 Å². The van der Waals surface area contributed by atoms with Crippen molar-refractivity contribution in [3.8, 4) is 28.7 Å². The molecule has 2 saturated carbocycles. The number of fused-ring (bicyclic) bond motifs is 1. The van der Waals surface area contributed by atoms with Crippen LogP contribution in [0.1, 0.15) is 63.4 Å². The average Bonchev–Trinajstić information content (AvgIpc) is 2.92. The summed E-state index contributed by atoms with van der Waals surface area (Å²) in [6.07, 6.45) is -0.635. The topological polar surface area (TPSA) is 9.23 Å². The van der Waals surface area contributed by atoms with Crippen LogP contribution in [0.2, 0.25) is 0 Å². The Hall–Kier alpha value is -3.35. The molecule has 0 bridgehead atoms. The maximum absolute atomic E-state index is 15.1. The molecular formula is C32H27F9O. The van der Waals surface area contributed by atoms with Gasteiger partial charge >= 0.3 is 12.3 Å². The Morgan fingerprint density at radius 2 is 1.36 bits per heavy atom. The van der Waals surface area contributed by atoms with E-state index in [1.165, 1.54) is 25.2 Å². The second-order valence-electron chi connectivity index (χ2n) is 11.2. The maximum Gasteiger partial charge on any atom is 0.458 e. The van der Waals surface area contributed by atoms with Crippen molar-refractivity contribution >= 4 is 10.8 Å². The molecule has 10 heteroatoms. The molecule has 0 spiro atoms. The Balaban J connectivity index is 1.34. The largest absolute Gasteiger partial charge is 0.458 e. The summed E-state index contributed by atoms with van der Waals surface area (Å²) < 4.78 is 131. The molecule has 0 unspecified atom stereocenters. The van der Waals surface area contributed by atoms with Crippen molar-refractivity contribution in [3.05, 3.63) is 65.2 Å². The van der Waals surface area contributed by atoms with Crippen molar-refractivity contribution in [2.24, 2.45) is 17.8 Å². The van der Waals surface area contributed by atoms with Gasteiger partial charge in [-0.25, -0.2) is 17.6 Å². The first-order valence-corrected chi connectivity index (χ1v) is 13.9. The molecular weight excluding hydrogens is 571 g/mol.